The second-order valence-electron chi connectivity index (χ2n) is 6.81. The van der Waals surface area contributed by atoms with Crippen LogP contribution < -0.4 is 15.2 Å². The Labute approximate surface area is 148 Å². The summed E-state index contributed by atoms with van der Waals surface area (Å²) in [5.41, 5.74) is 7.42. The maximum atomic E-state index is 6.38. The molecular formula is C17H24Cl2N2O2. The smallest absolute Gasteiger partial charge is 0.179 e. The summed E-state index contributed by atoms with van der Waals surface area (Å²) >= 11 is 6.38. The number of halogens is 2. The molecule has 0 bridgehead atoms. The first kappa shape index (κ1) is 17.2. The van der Waals surface area contributed by atoms with Crippen LogP contribution in [0.5, 0.6) is 11.5 Å². The van der Waals surface area contributed by atoms with Gasteiger partial charge in [0.2, 0.25) is 0 Å². The Kier molecular flexibility index (Phi) is 5.26. The summed E-state index contributed by atoms with van der Waals surface area (Å²) in [5.74, 6) is 2.95. The van der Waals surface area contributed by atoms with Gasteiger partial charge in [0, 0.05) is 32.1 Å². The summed E-state index contributed by atoms with van der Waals surface area (Å²) in [6.45, 7) is 4.54. The van der Waals surface area contributed by atoms with Crippen molar-refractivity contribution in [2.24, 2.45) is 17.6 Å². The van der Waals surface area contributed by atoms with Crippen molar-refractivity contribution in [3.05, 3.63) is 22.7 Å². The average Bonchev–Trinajstić information content (AvgIpc) is 2.92. The molecule has 4 rings (SSSR count). The lowest BCUT2D eigenvalue weighted by Gasteiger charge is -2.19. The first-order valence-corrected chi connectivity index (χ1v) is 8.64. The largest absolute Gasteiger partial charge is 0.489 e. The van der Waals surface area contributed by atoms with Crippen LogP contribution in [0.25, 0.3) is 0 Å². The molecule has 0 amide bonds. The number of nitrogens with zero attached hydrogens (tertiary/aromatic N) is 1. The first-order valence-electron chi connectivity index (χ1n) is 8.26. The third-order valence-electron chi connectivity index (χ3n) is 5.26. The lowest BCUT2D eigenvalue weighted by atomic mass is 9.98. The Morgan fingerprint density at radius 2 is 2.00 bits per heavy atom. The predicted octanol–water partition coefficient (Wildman–Crippen LogP) is 3.09. The molecule has 1 aromatic carbocycles. The lowest BCUT2D eigenvalue weighted by molar-refractivity contribution is 0.294. The fraction of sp³-hybridized carbons (Fsp3) is 0.647. The molecule has 2 aliphatic heterocycles. The molecule has 6 heteroatoms. The maximum absolute atomic E-state index is 6.38. The van der Waals surface area contributed by atoms with Gasteiger partial charge in [0.15, 0.2) is 11.5 Å². The zero-order valence-electron chi connectivity index (χ0n) is 13.2. The standard InChI is InChI=1S/C17H23ClN2O2.ClH/c18-14-6-11(7-16-17(14)22-5-1-4-21-16)8-20-9-12-2-3-15(19)13(12)10-20;/h6-7,12-13,15H,1-5,8-10,19H2;1H. The van der Waals surface area contributed by atoms with Gasteiger partial charge < -0.3 is 15.2 Å². The molecule has 0 aromatic heterocycles. The minimum atomic E-state index is 0. The molecule has 4 nitrogen and oxygen atoms in total. The number of hydrogen-bond acceptors (Lipinski definition) is 4. The van der Waals surface area contributed by atoms with E-state index in [0.717, 1.165) is 37.7 Å². The van der Waals surface area contributed by atoms with E-state index in [-0.39, 0.29) is 12.4 Å². The van der Waals surface area contributed by atoms with E-state index in [1.807, 2.05) is 6.07 Å². The molecule has 1 aromatic rings. The van der Waals surface area contributed by atoms with Crippen LogP contribution >= 0.6 is 24.0 Å². The van der Waals surface area contributed by atoms with Crippen molar-refractivity contribution < 1.29 is 9.47 Å². The molecule has 128 valence electrons. The topological polar surface area (TPSA) is 47.7 Å². The van der Waals surface area contributed by atoms with Crippen molar-refractivity contribution in [1.82, 2.24) is 4.90 Å². The third kappa shape index (κ3) is 3.41. The Bertz CT molecular complexity index is 570. The Morgan fingerprint density at radius 1 is 1.17 bits per heavy atom. The maximum Gasteiger partial charge on any atom is 0.179 e. The number of benzene rings is 1. The summed E-state index contributed by atoms with van der Waals surface area (Å²) in [4.78, 5) is 2.50. The Hall–Kier alpha value is -0.680. The van der Waals surface area contributed by atoms with Gasteiger partial charge in [-0.05, 0) is 42.4 Å². The summed E-state index contributed by atoms with van der Waals surface area (Å²) in [5, 5.41) is 0.658. The molecule has 0 radical (unpaired) electrons. The van der Waals surface area contributed by atoms with Crippen molar-refractivity contribution in [3.8, 4) is 11.5 Å². The quantitative estimate of drug-likeness (QED) is 0.882. The van der Waals surface area contributed by atoms with Gasteiger partial charge in [0.25, 0.3) is 0 Å². The fourth-order valence-corrected chi connectivity index (χ4v) is 4.45. The number of likely N-dealkylation sites (tertiary alicyclic amines) is 1. The van der Waals surface area contributed by atoms with E-state index < -0.39 is 0 Å². The molecule has 2 N–H and O–H groups in total. The van der Waals surface area contributed by atoms with Gasteiger partial charge in [-0.25, -0.2) is 0 Å². The van der Waals surface area contributed by atoms with Gasteiger partial charge >= 0.3 is 0 Å². The van der Waals surface area contributed by atoms with Crippen molar-refractivity contribution in [2.75, 3.05) is 26.3 Å². The highest BCUT2D eigenvalue weighted by Crippen LogP contribution is 2.40. The van der Waals surface area contributed by atoms with Crippen LogP contribution in [0.15, 0.2) is 12.1 Å². The SMILES string of the molecule is Cl.NC1CCC2CN(Cc3cc(Cl)c4c(c3)OCCCO4)CC12. The normalized spacial score (nSPS) is 29.7. The van der Waals surface area contributed by atoms with E-state index in [2.05, 4.69) is 11.0 Å². The van der Waals surface area contributed by atoms with Crippen LogP contribution in [0.2, 0.25) is 5.02 Å². The molecule has 3 unspecified atom stereocenters. The van der Waals surface area contributed by atoms with Gasteiger partial charge in [0.05, 0.1) is 18.2 Å². The van der Waals surface area contributed by atoms with E-state index in [4.69, 9.17) is 26.8 Å². The van der Waals surface area contributed by atoms with Crippen LogP contribution in [0.3, 0.4) is 0 Å². The fourth-order valence-electron chi connectivity index (χ4n) is 4.16. The second kappa shape index (κ2) is 7.06. The van der Waals surface area contributed by atoms with Crippen molar-refractivity contribution in [1.29, 1.82) is 0 Å². The average molecular weight is 359 g/mol. The van der Waals surface area contributed by atoms with Crippen LogP contribution in [-0.2, 0) is 6.54 Å². The molecule has 23 heavy (non-hydrogen) atoms. The summed E-state index contributed by atoms with van der Waals surface area (Å²) in [7, 11) is 0. The molecule has 0 spiro atoms. The van der Waals surface area contributed by atoms with Crippen molar-refractivity contribution in [3.63, 3.8) is 0 Å². The Balaban J connectivity index is 0.00000156. The van der Waals surface area contributed by atoms with Gasteiger partial charge in [-0.15, -0.1) is 12.4 Å². The van der Waals surface area contributed by atoms with Crippen molar-refractivity contribution in [2.45, 2.75) is 31.8 Å². The number of fused-ring (bicyclic) bond motifs is 2. The highest BCUT2D eigenvalue weighted by atomic mass is 35.5. The van der Waals surface area contributed by atoms with Crippen LogP contribution in [0.1, 0.15) is 24.8 Å². The van der Waals surface area contributed by atoms with E-state index in [1.165, 1.54) is 18.4 Å². The van der Waals surface area contributed by atoms with Crippen LogP contribution in [0.4, 0.5) is 0 Å². The molecule has 2 fully saturated rings. The van der Waals surface area contributed by atoms with Crippen LogP contribution in [-0.4, -0.2) is 37.2 Å². The highest BCUT2D eigenvalue weighted by molar-refractivity contribution is 6.32. The molecular weight excluding hydrogens is 335 g/mol. The number of ether oxygens (including phenoxy) is 2. The molecule has 2 heterocycles. The summed E-state index contributed by atoms with van der Waals surface area (Å²) in [6, 6.07) is 4.49. The van der Waals surface area contributed by atoms with E-state index >= 15 is 0 Å². The number of nitrogens with two attached hydrogens (primary N) is 1. The van der Waals surface area contributed by atoms with Gasteiger partial charge in [-0.1, -0.05) is 11.6 Å². The first-order chi connectivity index (χ1) is 10.7. The molecule has 1 saturated heterocycles. The minimum Gasteiger partial charge on any atom is -0.489 e. The monoisotopic (exact) mass is 358 g/mol. The van der Waals surface area contributed by atoms with E-state index in [1.54, 1.807) is 0 Å². The van der Waals surface area contributed by atoms with Crippen LogP contribution in [0, 0.1) is 11.8 Å². The predicted molar refractivity (Wildman–Crippen MR) is 93.8 cm³/mol. The van der Waals surface area contributed by atoms with Gasteiger partial charge in [0.1, 0.15) is 0 Å². The van der Waals surface area contributed by atoms with Crippen molar-refractivity contribution >= 4 is 24.0 Å². The second-order valence-corrected chi connectivity index (χ2v) is 7.22. The van der Waals surface area contributed by atoms with Gasteiger partial charge in [-0.2, -0.15) is 0 Å². The molecule has 3 aliphatic rings. The lowest BCUT2D eigenvalue weighted by Crippen LogP contribution is -2.30. The zero-order chi connectivity index (χ0) is 15.1. The molecule has 1 aliphatic carbocycles. The summed E-state index contributed by atoms with van der Waals surface area (Å²) < 4.78 is 11.5. The van der Waals surface area contributed by atoms with E-state index in [0.29, 0.717) is 35.9 Å². The summed E-state index contributed by atoms with van der Waals surface area (Å²) in [6.07, 6.45) is 3.37. The minimum absolute atomic E-state index is 0. The van der Waals surface area contributed by atoms with E-state index in [9.17, 15) is 0 Å². The third-order valence-corrected chi connectivity index (χ3v) is 5.54. The zero-order valence-corrected chi connectivity index (χ0v) is 14.7. The number of rotatable bonds is 2. The Morgan fingerprint density at radius 3 is 2.83 bits per heavy atom. The molecule has 3 atom stereocenters. The van der Waals surface area contributed by atoms with Gasteiger partial charge in [-0.3, -0.25) is 4.90 Å². The molecule has 1 saturated carbocycles. The number of hydrogen-bond donors (Lipinski definition) is 1. The highest BCUT2D eigenvalue weighted by Gasteiger charge is 2.40.